The molecule has 2 N–H and O–H groups in total. The number of fused-ring (bicyclic) bond motifs is 9. The molecule has 0 radical (unpaired) electrons. The highest BCUT2D eigenvalue weighted by molar-refractivity contribution is 5.99. The van der Waals surface area contributed by atoms with Crippen LogP contribution >= 0.6 is 0 Å². The number of rotatable bonds is 5. The van der Waals surface area contributed by atoms with Gasteiger partial charge in [0.05, 0.1) is 22.5 Å². The summed E-state index contributed by atoms with van der Waals surface area (Å²) in [5.74, 6) is 0.179. The lowest BCUT2D eigenvalue weighted by atomic mass is 9.64. The van der Waals surface area contributed by atoms with Crippen LogP contribution in [0.25, 0.3) is 44.6 Å². The highest BCUT2D eigenvalue weighted by Crippen LogP contribution is 2.63. The molecule has 278 valence electrons. The van der Waals surface area contributed by atoms with E-state index in [4.69, 9.17) is 9.98 Å². The van der Waals surface area contributed by atoms with Crippen LogP contribution in [0.3, 0.4) is 0 Å². The van der Waals surface area contributed by atoms with Gasteiger partial charge in [0.25, 0.3) is 0 Å². The van der Waals surface area contributed by atoms with Crippen LogP contribution in [0.4, 0.5) is 17.1 Å². The second-order valence-corrected chi connectivity index (χ2v) is 15.0. The first-order chi connectivity index (χ1) is 29.2. The molecule has 59 heavy (non-hydrogen) atoms. The zero-order valence-electron chi connectivity index (χ0n) is 32.0. The molecule has 11 rings (SSSR count). The summed E-state index contributed by atoms with van der Waals surface area (Å²) in [6, 6.07) is 70.3. The van der Waals surface area contributed by atoms with Crippen molar-refractivity contribution in [2.45, 2.75) is 5.41 Å². The molecule has 7 aromatic carbocycles. The fraction of sp³-hybridized carbons (Fsp3) is 0.0185. The van der Waals surface area contributed by atoms with Gasteiger partial charge in [0, 0.05) is 34.8 Å². The van der Waals surface area contributed by atoms with Gasteiger partial charge in [-0.2, -0.15) is 0 Å². The first-order valence-electron chi connectivity index (χ1n) is 19.9. The van der Waals surface area contributed by atoms with Crippen molar-refractivity contribution in [2.24, 2.45) is 4.99 Å². The first-order valence-corrected chi connectivity index (χ1v) is 19.9. The van der Waals surface area contributed by atoms with Crippen molar-refractivity contribution in [1.29, 1.82) is 5.41 Å². The molecule has 0 bridgehead atoms. The molecule has 1 aliphatic carbocycles. The predicted molar refractivity (Wildman–Crippen MR) is 239 cm³/mol. The maximum absolute atomic E-state index is 9.32. The molecule has 0 atom stereocenters. The van der Waals surface area contributed by atoms with E-state index < -0.39 is 5.41 Å². The molecule has 0 fully saturated rings. The van der Waals surface area contributed by atoms with Crippen LogP contribution in [0.1, 0.15) is 27.8 Å². The van der Waals surface area contributed by atoms with E-state index in [1.165, 1.54) is 22.3 Å². The standard InChI is InChI=1S/C54H37N5/c55-52(58-53-44(37-18-6-2-7-19-37)33-41(35-57-53)36-16-4-1-5-17-36)40-21-14-20-38(32-40)39-29-30-43-48(34-39)54(47-26-15-31-56-51(43)47)45-24-10-12-27-49(45)59(42-22-8-3-9-23-42)50-28-13-11-25-46(50)54/h1-35H,(H2,55,57,58). The van der Waals surface area contributed by atoms with E-state index in [9.17, 15) is 5.41 Å². The number of aromatic amines is 1. The summed E-state index contributed by atoms with van der Waals surface area (Å²) in [4.78, 5) is 15.8. The molecule has 2 aromatic heterocycles. The Morgan fingerprint density at radius 2 is 1.10 bits per heavy atom. The van der Waals surface area contributed by atoms with Crippen LogP contribution in [0, 0.1) is 5.41 Å². The summed E-state index contributed by atoms with van der Waals surface area (Å²) in [7, 11) is 0. The number of para-hydroxylation sites is 3. The molecule has 9 aromatic rings. The predicted octanol–water partition coefficient (Wildman–Crippen LogP) is 12.5. The van der Waals surface area contributed by atoms with Gasteiger partial charge in [-0.3, -0.25) is 10.4 Å². The van der Waals surface area contributed by atoms with Gasteiger partial charge in [-0.25, -0.2) is 4.99 Å². The quantitative estimate of drug-likeness (QED) is 0.136. The van der Waals surface area contributed by atoms with Crippen molar-refractivity contribution in [2.75, 3.05) is 4.90 Å². The van der Waals surface area contributed by atoms with Crippen LogP contribution < -0.4 is 10.4 Å². The number of nitrogens with zero attached hydrogens (tertiary/aromatic N) is 3. The number of H-pyrrole nitrogens is 1. The summed E-state index contributed by atoms with van der Waals surface area (Å²) in [5, 5.41) is 9.32. The summed E-state index contributed by atoms with van der Waals surface area (Å²) >= 11 is 0. The number of anilines is 3. The summed E-state index contributed by atoms with van der Waals surface area (Å²) in [6.45, 7) is 0. The second-order valence-electron chi connectivity index (χ2n) is 15.0. The smallest absolute Gasteiger partial charge is 0.154 e. The maximum atomic E-state index is 9.32. The molecule has 2 aliphatic rings. The Morgan fingerprint density at radius 1 is 0.492 bits per heavy atom. The molecule has 5 nitrogen and oxygen atoms in total. The summed E-state index contributed by atoms with van der Waals surface area (Å²) < 4.78 is 0. The number of aromatic nitrogens is 2. The highest BCUT2D eigenvalue weighted by Gasteiger charge is 2.52. The monoisotopic (exact) mass is 755 g/mol. The minimum absolute atomic E-state index is 0.179. The molecular formula is C54H37N5. The third-order valence-electron chi connectivity index (χ3n) is 11.8. The van der Waals surface area contributed by atoms with Gasteiger partial charge in [-0.05, 0) is 98.6 Å². The minimum atomic E-state index is -0.608. The van der Waals surface area contributed by atoms with E-state index in [1.807, 2.05) is 60.9 Å². The van der Waals surface area contributed by atoms with Gasteiger partial charge < -0.3 is 9.88 Å². The first kappa shape index (κ1) is 34.4. The van der Waals surface area contributed by atoms with Gasteiger partial charge >= 0.3 is 0 Å². The average molecular weight is 756 g/mol. The SMILES string of the molecule is N=C(N=c1[nH]cc(-c2ccccc2)cc1-c1ccccc1)c1cccc(-c2ccc3c(c2)C2(c4ccccc4N(c4ccccc4)c4ccccc42)c2cccnc2-3)c1. The molecule has 0 amide bonds. The molecule has 0 saturated heterocycles. The average Bonchev–Trinajstić information content (AvgIpc) is 3.60. The van der Waals surface area contributed by atoms with E-state index in [1.54, 1.807) is 0 Å². The zero-order chi connectivity index (χ0) is 39.3. The third-order valence-corrected chi connectivity index (χ3v) is 11.8. The number of hydrogen-bond acceptors (Lipinski definition) is 3. The summed E-state index contributed by atoms with van der Waals surface area (Å²) in [6.07, 6.45) is 3.87. The minimum Gasteiger partial charge on any atom is -0.345 e. The largest absolute Gasteiger partial charge is 0.345 e. The summed E-state index contributed by atoms with van der Waals surface area (Å²) in [5.41, 5.74) is 17.3. The Hall–Kier alpha value is -7.89. The number of benzene rings is 7. The van der Waals surface area contributed by atoms with Crippen LogP contribution in [-0.4, -0.2) is 15.8 Å². The van der Waals surface area contributed by atoms with Gasteiger partial charge in [0.1, 0.15) is 5.49 Å². The number of amidine groups is 1. The number of hydrogen-bond donors (Lipinski definition) is 2. The second kappa shape index (κ2) is 13.9. The number of nitrogens with one attached hydrogen (secondary N) is 2. The van der Waals surface area contributed by atoms with E-state index >= 15 is 0 Å². The van der Waals surface area contributed by atoms with Gasteiger partial charge in [0.15, 0.2) is 5.84 Å². The molecule has 5 heteroatoms. The number of pyridine rings is 2. The Kier molecular flexibility index (Phi) is 8.12. The fourth-order valence-corrected chi connectivity index (χ4v) is 9.23. The van der Waals surface area contributed by atoms with Crippen LogP contribution in [0.5, 0.6) is 0 Å². The van der Waals surface area contributed by atoms with Crippen LogP contribution in [-0.2, 0) is 5.41 Å². The van der Waals surface area contributed by atoms with Crippen molar-refractivity contribution in [3.63, 3.8) is 0 Å². The molecule has 0 unspecified atom stereocenters. The Labute approximate surface area is 342 Å². The van der Waals surface area contributed by atoms with E-state index in [2.05, 4.69) is 162 Å². The Balaban J connectivity index is 1.05. The lowest BCUT2D eigenvalue weighted by Crippen LogP contribution is -2.36. The lowest BCUT2D eigenvalue weighted by molar-refractivity contribution is 0.751. The fourth-order valence-electron chi connectivity index (χ4n) is 9.23. The molecule has 3 heterocycles. The van der Waals surface area contributed by atoms with Gasteiger partial charge in [0.2, 0.25) is 0 Å². The molecule has 1 aliphatic heterocycles. The van der Waals surface area contributed by atoms with Gasteiger partial charge in [-0.15, -0.1) is 0 Å². The van der Waals surface area contributed by atoms with E-state index in [0.717, 1.165) is 67.3 Å². The maximum Gasteiger partial charge on any atom is 0.154 e. The van der Waals surface area contributed by atoms with Crippen molar-refractivity contribution in [3.05, 3.63) is 246 Å². The lowest BCUT2D eigenvalue weighted by Gasteiger charge is -2.45. The van der Waals surface area contributed by atoms with Crippen LogP contribution in [0.15, 0.2) is 218 Å². The Bertz CT molecular complexity index is 3080. The van der Waals surface area contributed by atoms with Crippen molar-refractivity contribution >= 4 is 22.9 Å². The topological polar surface area (TPSA) is 68.1 Å². The van der Waals surface area contributed by atoms with Crippen molar-refractivity contribution in [1.82, 2.24) is 9.97 Å². The normalized spacial score (nSPS) is 13.4. The zero-order valence-corrected chi connectivity index (χ0v) is 32.0. The van der Waals surface area contributed by atoms with Crippen molar-refractivity contribution < 1.29 is 0 Å². The van der Waals surface area contributed by atoms with Crippen molar-refractivity contribution in [3.8, 4) is 44.6 Å². The van der Waals surface area contributed by atoms with E-state index in [0.29, 0.717) is 5.49 Å². The molecule has 1 spiro atoms. The third kappa shape index (κ3) is 5.51. The molecular weight excluding hydrogens is 719 g/mol. The van der Waals surface area contributed by atoms with E-state index in [-0.39, 0.29) is 5.84 Å². The Morgan fingerprint density at radius 3 is 1.83 bits per heavy atom. The molecule has 0 saturated carbocycles. The van der Waals surface area contributed by atoms with Gasteiger partial charge in [-0.1, -0.05) is 152 Å². The highest BCUT2D eigenvalue weighted by atomic mass is 15.2. The van der Waals surface area contributed by atoms with Crippen LogP contribution in [0.2, 0.25) is 0 Å².